The molecule has 23 heavy (non-hydrogen) atoms. The van der Waals surface area contributed by atoms with Crippen LogP contribution in [0.4, 0.5) is 0 Å². The van der Waals surface area contributed by atoms with Crippen molar-refractivity contribution in [2.24, 2.45) is 0 Å². The third-order valence-electron chi connectivity index (χ3n) is 4.46. The number of carbonyl (C=O) groups is 2. The van der Waals surface area contributed by atoms with E-state index in [2.05, 4.69) is 22.8 Å². The number of thiophene rings is 1. The molecule has 5 heteroatoms. The zero-order valence-electron chi connectivity index (χ0n) is 13.4. The second-order valence-electron chi connectivity index (χ2n) is 6.02. The average Bonchev–Trinajstić information content (AvgIpc) is 2.98. The van der Waals surface area contributed by atoms with Crippen molar-refractivity contribution in [2.45, 2.75) is 38.6 Å². The number of nitrogens with zero attached hydrogens (tertiary/aromatic N) is 1. The molecule has 1 aliphatic rings. The molecule has 1 fully saturated rings. The first kappa shape index (κ1) is 16.0. The van der Waals surface area contributed by atoms with Gasteiger partial charge in [0, 0.05) is 24.7 Å². The van der Waals surface area contributed by atoms with Gasteiger partial charge in [0.1, 0.15) is 6.04 Å². The van der Waals surface area contributed by atoms with Gasteiger partial charge >= 0.3 is 0 Å². The number of hydrogen-bond donors (Lipinski definition) is 1. The Morgan fingerprint density at radius 2 is 2.13 bits per heavy atom. The van der Waals surface area contributed by atoms with E-state index in [1.54, 1.807) is 23.2 Å². The van der Waals surface area contributed by atoms with Crippen LogP contribution >= 0.6 is 11.3 Å². The van der Waals surface area contributed by atoms with Crippen LogP contribution in [0.1, 0.15) is 31.7 Å². The third-order valence-corrected chi connectivity index (χ3v) is 5.48. The summed E-state index contributed by atoms with van der Waals surface area (Å²) in [4.78, 5) is 25.8. The van der Waals surface area contributed by atoms with Crippen LogP contribution in [0.25, 0.3) is 10.1 Å². The van der Waals surface area contributed by atoms with E-state index in [1.165, 1.54) is 15.6 Å². The fourth-order valence-corrected chi connectivity index (χ4v) is 4.24. The van der Waals surface area contributed by atoms with E-state index in [1.807, 2.05) is 12.1 Å². The van der Waals surface area contributed by atoms with Crippen molar-refractivity contribution in [3.05, 3.63) is 35.2 Å². The Morgan fingerprint density at radius 1 is 1.30 bits per heavy atom. The van der Waals surface area contributed by atoms with Gasteiger partial charge in [0.05, 0.1) is 0 Å². The maximum absolute atomic E-state index is 12.4. The van der Waals surface area contributed by atoms with Crippen LogP contribution in [-0.2, 0) is 16.0 Å². The molecule has 1 saturated heterocycles. The van der Waals surface area contributed by atoms with Crippen LogP contribution in [0, 0.1) is 0 Å². The first-order chi connectivity index (χ1) is 11.2. The number of nitrogens with one attached hydrogen (secondary N) is 1. The summed E-state index contributed by atoms with van der Waals surface area (Å²) in [5.74, 6) is -0.0203. The van der Waals surface area contributed by atoms with Gasteiger partial charge in [-0.25, -0.2) is 0 Å². The summed E-state index contributed by atoms with van der Waals surface area (Å²) in [5.41, 5.74) is 1.28. The quantitative estimate of drug-likeness (QED) is 0.937. The summed E-state index contributed by atoms with van der Waals surface area (Å²) in [5, 5.41) is 6.45. The van der Waals surface area contributed by atoms with Crippen molar-refractivity contribution >= 4 is 33.2 Å². The van der Waals surface area contributed by atoms with Gasteiger partial charge in [-0.15, -0.1) is 11.3 Å². The number of rotatable bonds is 4. The minimum Gasteiger partial charge on any atom is -0.354 e. The zero-order valence-corrected chi connectivity index (χ0v) is 14.2. The van der Waals surface area contributed by atoms with Gasteiger partial charge < -0.3 is 10.2 Å². The summed E-state index contributed by atoms with van der Waals surface area (Å²) < 4.78 is 1.28. The molecule has 0 bridgehead atoms. The van der Waals surface area contributed by atoms with Crippen molar-refractivity contribution in [1.29, 1.82) is 0 Å². The maximum atomic E-state index is 12.4. The molecule has 0 saturated carbocycles. The van der Waals surface area contributed by atoms with E-state index in [-0.39, 0.29) is 17.9 Å². The molecule has 0 spiro atoms. The molecule has 122 valence electrons. The fourth-order valence-electron chi connectivity index (χ4n) is 3.25. The van der Waals surface area contributed by atoms with E-state index in [4.69, 9.17) is 0 Å². The van der Waals surface area contributed by atoms with Crippen molar-refractivity contribution < 1.29 is 9.59 Å². The van der Waals surface area contributed by atoms with Gasteiger partial charge in [0.15, 0.2) is 0 Å². The van der Waals surface area contributed by atoms with Gasteiger partial charge in [-0.2, -0.15) is 0 Å². The number of carbonyl (C=O) groups excluding carboxylic acids is 2. The standard InChI is InChI=1S/C18H22N2O2S/c1-13(21)20-11-5-4-7-16(20)18(22)19-10-9-14-12-23-17-8-3-2-6-15(14)17/h2-3,6,8,12,16H,4-5,7,9-11H2,1H3,(H,19,22)/t16-/m0/s1. The smallest absolute Gasteiger partial charge is 0.242 e. The predicted molar refractivity (Wildman–Crippen MR) is 93.6 cm³/mol. The molecule has 1 aromatic heterocycles. The normalized spacial score (nSPS) is 18.1. The van der Waals surface area contributed by atoms with Gasteiger partial charge in [0.2, 0.25) is 11.8 Å². The Hall–Kier alpha value is -1.88. The van der Waals surface area contributed by atoms with E-state index in [0.717, 1.165) is 25.7 Å². The number of benzene rings is 1. The monoisotopic (exact) mass is 330 g/mol. The number of hydrogen-bond acceptors (Lipinski definition) is 3. The average molecular weight is 330 g/mol. The number of likely N-dealkylation sites (tertiary alicyclic amines) is 1. The van der Waals surface area contributed by atoms with Crippen LogP contribution in [0.2, 0.25) is 0 Å². The Balaban J connectivity index is 1.57. The molecular formula is C18H22N2O2S. The third kappa shape index (κ3) is 3.55. The predicted octanol–water partition coefficient (Wildman–Crippen LogP) is 2.96. The van der Waals surface area contributed by atoms with Gasteiger partial charge in [0.25, 0.3) is 0 Å². The molecule has 1 atom stereocenters. The van der Waals surface area contributed by atoms with Gasteiger partial charge in [-0.05, 0) is 48.1 Å². The van der Waals surface area contributed by atoms with Crippen molar-refractivity contribution in [1.82, 2.24) is 10.2 Å². The Labute approximate surface area is 140 Å². The van der Waals surface area contributed by atoms with Crippen LogP contribution in [-0.4, -0.2) is 35.8 Å². The Bertz CT molecular complexity index is 710. The maximum Gasteiger partial charge on any atom is 0.242 e. The van der Waals surface area contributed by atoms with Crippen molar-refractivity contribution in [3.63, 3.8) is 0 Å². The highest BCUT2D eigenvalue weighted by atomic mass is 32.1. The molecule has 2 heterocycles. The first-order valence-electron chi connectivity index (χ1n) is 8.17. The first-order valence-corrected chi connectivity index (χ1v) is 9.05. The SMILES string of the molecule is CC(=O)N1CCCC[C@H]1C(=O)NCCc1csc2ccccc12. The zero-order chi connectivity index (χ0) is 16.2. The number of fused-ring (bicyclic) bond motifs is 1. The lowest BCUT2D eigenvalue weighted by Crippen LogP contribution is -2.51. The summed E-state index contributed by atoms with van der Waals surface area (Å²) >= 11 is 1.74. The molecule has 0 radical (unpaired) electrons. The highest BCUT2D eigenvalue weighted by Gasteiger charge is 2.29. The second-order valence-corrected chi connectivity index (χ2v) is 6.93. The fraction of sp³-hybridized carbons (Fsp3) is 0.444. The van der Waals surface area contributed by atoms with Gasteiger partial charge in [-0.3, -0.25) is 9.59 Å². The highest BCUT2D eigenvalue weighted by Crippen LogP contribution is 2.25. The molecule has 2 aromatic rings. The lowest BCUT2D eigenvalue weighted by molar-refractivity contribution is -0.140. The second kappa shape index (κ2) is 7.13. The Kier molecular flexibility index (Phi) is 4.96. The summed E-state index contributed by atoms with van der Waals surface area (Å²) in [6.45, 7) is 2.85. The highest BCUT2D eigenvalue weighted by molar-refractivity contribution is 7.17. The topological polar surface area (TPSA) is 49.4 Å². The largest absolute Gasteiger partial charge is 0.354 e. The molecule has 0 unspecified atom stereocenters. The van der Waals surface area contributed by atoms with Crippen LogP contribution < -0.4 is 5.32 Å². The molecule has 3 rings (SSSR count). The molecule has 0 aliphatic carbocycles. The molecule has 1 aromatic carbocycles. The lowest BCUT2D eigenvalue weighted by Gasteiger charge is -2.33. The van der Waals surface area contributed by atoms with Crippen LogP contribution in [0.3, 0.4) is 0 Å². The number of amides is 2. The van der Waals surface area contributed by atoms with Crippen LogP contribution in [0.5, 0.6) is 0 Å². The van der Waals surface area contributed by atoms with E-state index >= 15 is 0 Å². The van der Waals surface area contributed by atoms with E-state index in [0.29, 0.717) is 13.1 Å². The molecule has 2 amide bonds. The minimum absolute atomic E-state index is 0.00585. The Morgan fingerprint density at radius 3 is 2.96 bits per heavy atom. The van der Waals surface area contributed by atoms with Crippen LogP contribution in [0.15, 0.2) is 29.6 Å². The molecule has 1 aliphatic heterocycles. The number of piperidine rings is 1. The van der Waals surface area contributed by atoms with E-state index in [9.17, 15) is 9.59 Å². The van der Waals surface area contributed by atoms with E-state index < -0.39 is 0 Å². The van der Waals surface area contributed by atoms with Gasteiger partial charge in [-0.1, -0.05) is 18.2 Å². The minimum atomic E-state index is -0.291. The lowest BCUT2D eigenvalue weighted by atomic mass is 10.0. The molecule has 4 nitrogen and oxygen atoms in total. The van der Waals surface area contributed by atoms with Crippen molar-refractivity contribution in [3.8, 4) is 0 Å². The summed E-state index contributed by atoms with van der Waals surface area (Å²) in [6.07, 6.45) is 3.59. The molecular weight excluding hydrogens is 308 g/mol. The summed E-state index contributed by atoms with van der Waals surface area (Å²) in [7, 11) is 0. The molecule has 1 N–H and O–H groups in total. The van der Waals surface area contributed by atoms with Crippen molar-refractivity contribution in [2.75, 3.05) is 13.1 Å². The summed E-state index contributed by atoms with van der Waals surface area (Å²) in [6, 6.07) is 8.05.